The number of rotatable bonds is 0. The molecule has 0 spiro atoms. The molecule has 8 rings (SSSR count). The second-order valence-corrected chi connectivity index (χ2v) is 9.51. The summed E-state index contributed by atoms with van der Waals surface area (Å²) < 4.78 is 0. The van der Waals surface area contributed by atoms with Crippen LogP contribution in [0.4, 0.5) is 0 Å². The fourth-order valence-electron chi connectivity index (χ4n) is 6.13. The SMILES string of the molecule is O=C1C=Cc2cc3c(cc2C1)=CCc1c=3nc2c1c(O)c1c3ccccc3c(=O)c3cccc2c31. The standard InChI is InChI=1S/C31H17NO3/c33-18-10-8-15-14-24-16(12-17(15)13-18)9-11-22-27-29(32-28(22)24)21-6-3-7-23-25(21)26(31(27)35)19-4-1-2-5-20(19)30(23)34/h1-10,12,14,35H,11,13H2. The third-order valence-electron chi connectivity index (χ3n) is 7.68. The number of allylic oxidation sites excluding steroid dienone is 1. The molecule has 2 aliphatic rings. The van der Waals surface area contributed by atoms with Gasteiger partial charge in [-0.2, -0.15) is 0 Å². The summed E-state index contributed by atoms with van der Waals surface area (Å²) in [6.07, 6.45) is 6.72. The van der Waals surface area contributed by atoms with E-state index in [9.17, 15) is 14.7 Å². The van der Waals surface area contributed by atoms with E-state index in [0.29, 0.717) is 29.0 Å². The Hall–Kier alpha value is -4.57. The Morgan fingerprint density at radius 3 is 2.49 bits per heavy atom. The molecule has 0 aliphatic heterocycles. The van der Waals surface area contributed by atoms with Gasteiger partial charge in [0.1, 0.15) is 5.75 Å². The highest BCUT2D eigenvalue weighted by atomic mass is 16.3. The molecule has 164 valence electrons. The van der Waals surface area contributed by atoms with Crippen molar-refractivity contribution >= 4 is 61.2 Å². The van der Waals surface area contributed by atoms with Crippen LogP contribution in [-0.2, 0) is 17.6 Å². The Bertz CT molecular complexity index is 2210. The number of hydrogen-bond donors (Lipinski definition) is 1. The number of carbonyl (C=O) groups excluding carboxylic acids is 1. The zero-order valence-electron chi connectivity index (χ0n) is 18.6. The molecule has 1 N–H and O–H groups in total. The zero-order valence-corrected chi connectivity index (χ0v) is 18.6. The van der Waals surface area contributed by atoms with Crippen molar-refractivity contribution in [2.75, 3.05) is 0 Å². The number of phenols is 1. The summed E-state index contributed by atoms with van der Waals surface area (Å²) in [6.45, 7) is 0. The van der Waals surface area contributed by atoms with E-state index in [-0.39, 0.29) is 17.0 Å². The molecule has 6 aromatic rings. The molecule has 0 saturated carbocycles. The van der Waals surface area contributed by atoms with Crippen molar-refractivity contribution in [3.63, 3.8) is 0 Å². The Morgan fingerprint density at radius 2 is 1.60 bits per heavy atom. The van der Waals surface area contributed by atoms with E-state index in [1.807, 2.05) is 48.5 Å². The number of carbonyl (C=O) groups is 1. The van der Waals surface area contributed by atoms with Crippen molar-refractivity contribution in [1.29, 1.82) is 0 Å². The molecule has 0 bridgehead atoms. The van der Waals surface area contributed by atoms with Gasteiger partial charge in [0.05, 0.1) is 10.9 Å². The molecule has 4 nitrogen and oxygen atoms in total. The lowest BCUT2D eigenvalue weighted by Crippen LogP contribution is -2.15. The van der Waals surface area contributed by atoms with Crippen molar-refractivity contribution in [2.45, 2.75) is 12.8 Å². The Balaban J connectivity index is 1.64. The van der Waals surface area contributed by atoms with E-state index in [2.05, 4.69) is 18.2 Å². The average Bonchev–Trinajstić information content (AvgIpc) is 3.28. The van der Waals surface area contributed by atoms with Crippen LogP contribution in [0.3, 0.4) is 0 Å². The predicted molar refractivity (Wildman–Crippen MR) is 139 cm³/mol. The molecule has 0 radical (unpaired) electrons. The van der Waals surface area contributed by atoms with Gasteiger partial charge in [0.25, 0.3) is 0 Å². The molecule has 0 amide bonds. The van der Waals surface area contributed by atoms with Gasteiger partial charge in [-0.3, -0.25) is 9.59 Å². The van der Waals surface area contributed by atoms with Crippen LogP contribution < -0.4 is 10.6 Å². The number of fused-ring (bicyclic) bond motifs is 8. The second kappa shape index (κ2) is 6.30. The van der Waals surface area contributed by atoms with Crippen LogP contribution in [0.25, 0.3) is 55.4 Å². The monoisotopic (exact) mass is 451 g/mol. The number of hydrogen-bond acceptors (Lipinski definition) is 4. The van der Waals surface area contributed by atoms with Crippen molar-refractivity contribution < 1.29 is 9.90 Å². The molecule has 5 aromatic carbocycles. The van der Waals surface area contributed by atoms with E-state index in [1.165, 1.54) is 0 Å². The number of benzene rings is 5. The predicted octanol–water partition coefficient (Wildman–Crippen LogP) is 4.68. The lowest BCUT2D eigenvalue weighted by molar-refractivity contribution is -0.114. The van der Waals surface area contributed by atoms with Crippen LogP contribution in [0.2, 0.25) is 0 Å². The van der Waals surface area contributed by atoms with Crippen molar-refractivity contribution in [1.82, 2.24) is 4.98 Å². The summed E-state index contributed by atoms with van der Waals surface area (Å²) >= 11 is 0. The first-order valence-electron chi connectivity index (χ1n) is 11.7. The lowest BCUT2D eigenvalue weighted by Gasteiger charge is -2.13. The van der Waals surface area contributed by atoms with Gasteiger partial charge < -0.3 is 5.11 Å². The summed E-state index contributed by atoms with van der Waals surface area (Å²) in [5.41, 5.74) is 3.77. The number of aromatic nitrogens is 1. The first-order chi connectivity index (χ1) is 17.1. The first kappa shape index (κ1) is 18.8. The molecule has 1 heterocycles. The zero-order chi connectivity index (χ0) is 23.4. The fourth-order valence-corrected chi connectivity index (χ4v) is 6.13. The van der Waals surface area contributed by atoms with Crippen LogP contribution in [0.1, 0.15) is 16.7 Å². The summed E-state index contributed by atoms with van der Waals surface area (Å²) in [5, 5.41) is 19.8. The van der Waals surface area contributed by atoms with E-state index >= 15 is 0 Å². The average molecular weight is 451 g/mol. The summed E-state index contributed by atoms with van der Waals surface area (Å²) in [5.74, 6) is 0.306. The fraction of sp³-hybridized carbons (Fsp3) is 0.0645. The van der Waals surface area contributed by atoms with E-state index in [4.69, 9.17) is 4.98 Å². The Labute approximate surface area is 198 Å². The van der Waals surface area contributed by atoms with Gasteiger partial charge in [0.15, 0.2) is 11.2 Å². The Morgan fingerprint density at radius 1 is 0.800 bits per heavy atom. The van der Waals surface area contributed by atoms with E-state index in [1.54, 1.807) is 6.08 Å². The van der Waals surface area contributed by atoms with Crippen LogP contribution in [-0.4, -0.2) is 15.9 Å². The van der Waals surface area contributed by atoms with Gasteiger partial charge in [-0.1, -0.05) is 60.7 Å². The minimum Gasteiger partial charge on any atom is -0.507 e. The van der Waals surface area contributed by atoms with Crippen LogP contribution in [0, 0.1) is 10.6 Å². The maximum atomic E-state index is 13.3. The first-order valence-corrected chi connectivity index (χ1v) is 11.7. The minimum absolute atomic E-state index is 0.0274. The van der Waals surface area contributed by atoms with Crippen molar-refractivity contribution in [3.05, 3.63) is 103 Å². The topological polar surface area (TPSA) is 67.3 Å². The van der Waals surface area contributed by atoms with Crippen molar-refractivity contribution in [2.24, 2.45) is 0 Å². The highest BCUT2D eigenvalue weighted by Crippen LogP contribution is 2.44. The maximum absolute atomic E-state index is 13.3. The molecule has 0 unspecified atom stereocenters. The molecule has 4 heteroatoms. The van der Waals surface area contributed by atoms with Crippen LogP contribution in [0.15, 0.2) is 65.5 Å². The molecule has 1 aromatic heterocycles. The van der Waals surface area contributed by atoms with Crippen LogP contribution >= 0.6 is 0 Å². The molecule has 0 saturated heterocycles. The number of nitrogens with zero attached hydrogens (tertiary/aromatic N) is 1. The van der Waals surface area contributed by atoms with Gasteiger partial charge >= 0.3 is 0 Å². The number of phenolic OH excluding ortho intramolecular Hbond substituents is 1. The Kier molecular flexibility index (Phi) is 3.39. The molecular formula is C31H17NO3. The number of aromatic hydroxyl groups is 1. The van der Waals surface area contributed by atoms with Gasteiger partial charge in [-0.25, -0.2) is 4.98 Å². The quantitative estimate of drug-likeness (QED) is 0.269. The minimum atomic E-state index is -0.0274. The highest BCUT2D eigenvalue weighted by molar-refractivity contribution is 6.30. The summed E-state index contributed by atoms with van der Waals surface area (Å²) in [6, 6.07) is 17.4. The second-order valence-electron chi connectivity index (χ2n) is 9.51. The van der Waals surface area contributed by atoms with Gasteiger partial charge in [0.2, 0.25) is 0 Å². The molecular weight excluding hydrogens is 434 g/mol. The van der Waals surface area contributed by atoms with Gasteiger partial charge in [-0.05, 0) is 45.9 Å². The smallest absolute Gasteiger partial charge is 0.194 e. The van der Waals surface area contributed by atoms with E-state index < -0.39 is 0 Å². The molecule has 35 heavy (non-hydrogen) atoms. The molecule has 0 fully saturated rings. The highest BCUT2D eigenvalue weighted by Gasteiger charge is 2.23. The van der Waals surface area contributed by atoms with Gasteiger partial charge in [0, 0.05) is 44.0 Å². The molecule has 0 atom stereocenters. The third-order valence-corrected chi connectivity index (χ3v) is 7.68. The summed E-state index contributed by atoms with van der Waals surface area (Å²) in [7, 11) is 0. The third kappa shape index (κ3) is 2.29. The largest absolute Gasteiger partial charge is 0.507 e. The van der Waals surface area contributed by atoms with Crippen molar-refractivity contribution in [3.8, 4) is 5.75 Å². The van der Waals surface area contributed by atoms with Crippen LogP contribution in [0.5, 0.6) is 5.75 Å². The van der Waals surface area contributed by atoms with E-state index in [0.717, 1.165) is 59.5 Å². The number of ketones is 1. The lowest BCUT2D eigenvalue weighted by atomic mass is 9.90. The van der Waals surface area contributed by atoms with Gasteiger partial charge in [-0.15, -0.1) is 0 Å². The maximum Gasteiger partial charge on any atom is 0.194 e. The normalized spacial score (nSPS) is 14.5. The molecule has 2 aliphatic carbocycles. The summed E-state index contributed by atoms with van der Waals surface area (Å²) in [4.78, 5) is 30.3.